The van der Waals surface area contributed by atoms with Crippen LogP contribution in [0.2, 0.25) is 38.3 Å². The van der Waals surface area contributed by atoms with E-state index in [0.29, 0.717) is 0 Å². The van der Waals surface area contributed by atoms with Gasteiger partial charge in [-0.2, -0.15) is 0 Å². The Hall–Kier alpha value is -1.51. The van der Waals surface area contributed by atoms with Crippen LogP contribution in [0, 0.1) is 0 Å². The van der Waals surface area contributed by atoms with Crippen molar-refractivity contribution in [2.75, 3.05) is 0 Å². The van der Waals surface area contributed by atoms with Gasteiger partial charge in [0, 0.05) is 0 Å². The van der Waals surface area contributed by atoms with Crippen molar-refractivity contribution in [3.8, 4) is 0 Å². The lowest BCUT2D eigenvalue weighted by atomic mass is 10.2. The van der Waals surface area contributed by atoms with Crippen LogP contribution in [0.25, 0.3) is 0 Å². The zero-order valence-electron chi connectivity index (χ0n) is 18.5. The maximum atomic E-state index is 6.79. The Bertz CT molecular complexity index is 706. The van der Waals surface area contributed by atoms with E-state index < -0.39 is 25.2 Å². The van der Waals surface area contributed by atoms with Crippen molar-refractivity contribution < 1.29 is 8.23 Å². The first kappa shape index (κ1) is 23.8. The number of rotatable bonds is 12. The van der Waals surface area contributed by atoms with Crippen LogP contribution in [0.4, 0.5) is 0 Å². The Morgan fingerprint density at radius 1 is 0.655 bits per heavy atom. The first-order chi connectivity index (χ1) is 13.7. The summed E-state index contributed by atoms with van der Waals surface area (Å²) in [6.45, 7) is 17.3. The number of hydrogen-bond acceptors (Lipinski definition) is 2. The van der Waals surface area contributed by atoms with Crippen LogP contribution in [0.1, 0.15) is 11.1 Å². The van der Waals surface area contributed by atoms with E-state index in [1.165, 1.54) is 11.1 Å². The fraction of sp³-hybridized carbons (Fsp3) is 0.333. The maximum Gasteiger partial charge on any atom is 0.370 e. The van der Waals surface area contributed by atoms with Crippen LogP contribution >= 0.6 is 0 Å². The molecular formula is C24H36O2Si3. The van der Waals surface area contributed by atoms with Crippen molar-refractivity contribution in [2.45, 2.75) is 51.1 Å². The molecule has 0 saturated carbocycles. The van der Waals surface area contributed by atoms with Gasteiger partial charge in [0.1, 0.15) is 0 Å². The molecule has 5 heteroatoms. The SMILES string of the molecule is C=C[Si](C=C)(O[Si](C)(C)CCc1ccccc1)O[Si](C)(C)CCc1ccccc1. The highest BCUT2D eigenvalue weighted by Gasteiger charge is 2.42. The summed E-state index contributed by atoms with van der Waals surface area (Å²) in [5, 5.41) is 0. The third-order valence-electron chi connectivity index (χ3n) is 5.16. The monoisotopic (exact) mass is 440 g/mol. The topological polar surface area (TPSA) is 18.5 Å². The molecule has 0 bridgehead atoms. The number of hydrogen-bond donors (Lipinski definition) is 0. The Morgan fingerprint density at radius 2 is 1.00 bits per heavy atom. The summed E-state index contributed by atoms with van der Waals surface area (Å²) in [6.07, 6.45) is 2.07. The molecule has 0 aliphatic rings. The minimum Gasteiger partial charge on any atom is -0.430 e. The summed E-state index contributed by atoms with van der Waals surface area (Å²) in [4.78, 5) is 0. The lowest BCUT2D eigenvalue weighted by Gasteiger charge is -2.39. The summed E-state index contributed by atoms with van der Waals surface area (Å²) < 4.78 is 13.6. The molecule has 0 aliphatic heterocycles. The van der Waals surface area contributed by atoms with E-state index in [2.05, 4.69) is 100 Å². The van der Waals surface area contributed by atoms with Gasteiger partial charge in [-0.3, -0.25) is 0 Å². The van der Waals surface area contributed by atoms with Crippen LogP contribution in [0.15, 0.2) is 85.2 Å². The molecule has 0 N–H and O–H groups in total. The summed E-state index contributed by atoms with van der Waals surface area (Å²) in [5.74, 6) is 0. The first-order valence-corrected chi connectivity index (χ1v) is 18.6. The molecule has 0 atom stereocenters. The maximum absolute atomic E-state index is 6.79. The molecule has 2 rings (SSSR count). The van der Waals surface area contributed by atoms with E-state index in [1.54, 1.807) is 0 Å². The Kier molecular flexibility index (Phi) is 8.60. The zero-order valence-corrected chi connectivity index (χ0v) is 21.5. The van der Waals surface area contributed by atoms with Crippen molar-refractivity contribution in [3.05, 3.63) is 96.3 Å². The molecule has 0 aromatic heterocycles. The molecule has 156 valence electrons. The van der Waals surface area contributed by atoms with Gasteiger partial charge in [-0.05, 0) is 73.6 Å². The predicted molar refractivity (Wildman–Crippen MR) is 133 cm³/mol. The van der Waals surface area contributed by atoms with Crippen LogP contribution in [0.5, 0.6) is 0 Å². The van der Waals surface area contributed by atoms with Gasteiger partial charge in [-0.1, -0.05) is 60.7 Å². The smallest absolute Gasteiger partial charge is 0.370 e. The van der Waals surface area contributed by atoms with Crippen LogP contribution in [-0.4, -0.2) is 25.2 Å². The normalized spacial score (nSPS) is 12.6. The van der Waals surface area contributed by atoms with Crippen molar-refractivity contribution in [1.29, 1.82) is 0 Å². The lowest BCUT2D eigenvalue weighted by Crippen LogP contribution is -2.54. The van der Waals surface area contributed by atoms with E-state index in [1.807, 2.05) is 11.4 Å². The third-order valence-corrected chi connectivity index (χ3v) is 16.2. The highest BCUT2D eigenvalue weighted by molar-refractivity contribution is 6.93. The van der Waals surface area contributed by atoms with Crippen LogP contribution < -0.4 is 0 Å². The molecule has 0 amide bonds. The summed E-state index contributed by atoms with van der Waals surface area (Å²) in [5.41, 5.74) is 6.57. The number of aryl methyl sites for hydroxylation is 2. The molecule has 0 heterocycles. The zero-order chi connectivity index (χ0) is 21.4. The van der Waals surface area contributed by atoms with E-state index in [9.17, 15) is 0 Å². The van der Waals surface area contributed by atoms with Gasteiger partial charge in [0.2, 0.25) is 0 Å². The van der Waals surface area contributed by atoms with Crippen molar-refractivity contribution >= 4 is 25.2 Å². The molecular weight excluding hydrogens is 405 g/mol. The third kappa shape index (κ3) is 8.03. The Morgan fingerprint density at radius 3 is 1.31 bits per heavy atom. The summed E-state index contributed by atoms with van der Waals surface area (Å²) in [6, 6.07) is 23.4. The van der Waals surface area contributed by atoms with Gasteiger partial charge in [0.05, 0.1) is 0 Å². The van der Waals surface area contributed by atoms with E-state index in [0.717, 1.165) is 24.9 Å². The van der Waals surface area contributed by atoms with Gasteiger partial charge in [0.25, 0.3) is 0 Å². The van der Waals surface area contributed by atoms with E-state index in [4.69, 9.17) is 8.23 Å². The summed E-state index contributed by atoms with van der Waals surface area (Å²) in [7, 11) is -6.51. The van der Waals surface area contributed by atoms with Crippen LogP contribution in [-0.2, 0) is 21.1 Å². The van der Waals surface area contributed by atoms with Crippen LogP contribution in [0.3, 0.4) is 0 Å². The summed E-state index contributed by atoms with van der Waals surface area (Å²) >= 11 is 0. The molecule has 0 unspecified atom stereocenters. The van der Waals surface area contributed by atoms with E-state index in [-0.39, 0.29) is 0 Å². The first-order valence-electron chi connectivity index (χ1n) is 10.4. The Labute approximate surface area is 180 Å². The molecule has 0 saturated heterocycles. The molecule has 0 aliphatic carbocycles. The quantitative estimate of drug-likeness (QED) is 0.338. The standard InChI is InChI=1S/C24H36O2Si3/c1-7-29(8-2,25-27(3,4)21-19-23-15-11-9-12-16-23)26-28(5,6)22-20-24-17-13-10-14-18-24/h7-18H,1-2,19-22H2,3-6H3. The fourth-order valence-electron chi connectivity index (χ4n) is 3.42. The second kappa shape index (κ2) is 10.5. The lowest BCUT2D eigenvalue weighted by molar-refractivity contribution is 0.402. The highest BCUT2D eigenvalue weighted by atomic mass is 28.5. The van der Waals surface area contributed by atoms with E-state index >= 15 is 0 Å². The molecule has 2 nitrogen and oxygen atoms in total. The second-order valence-electron chi connectivity index (χ2n) is 8.82. The molecule has 2 aromatic carbocycles. The van der Waals surface area contributed by atoms with Gasteiger partial charge in [-0.15, -0.1) is 13.2 Å². The number of benzene rings is 2. The minimum atomic E-state index is -2.64. The molecule has 0 fully saturated rings. The highest BCUT2D eigenvalue weighted by Crippen LogP contribution is 2.28. The van der Waals surface area contributed by atoms with Crippen molar-refractivity contribution in [1.82, 2.24) is 0 Å². The minimum absolute atomic E-state index is 1.04. The van der Waals surface area contributed by atoms with Gasteiger partial charge in [-0.25, -0.2) is 0 Å². The average Bonchev–Trinajstić information content (AvgIpc) is 2.71. The Balaban J connectivity index is 2.02. The average molecular weight is 441 g/mol. The van der Waals surface area contributed by atoms with Crippen molar-refractivity contribution in [2.24, 2.45) is 0 Å². The van der Waals surface area contributed by atoms with Gasteiger partial charge >= 0.3 is 8.56 Å². The largest absolute Gasteiger partial charge is 0.430 e. The predicted octanol–water partition coefficient (Wildman–Crippen LogP) is 6.81. The van der Waals surface area contributed by atoms with Gasteiger partial charge in [0.15, 0.2) is 16.6 Å². The fourth-order valence-corrected chi connectivity index (χ4v) is 15.0. The molecule has 0 spiro atoms. The van der Waals surface area contributed by atoms with Gasteiger partial charge < -0.3 is 8.23 Å². The second-order valence-corrected chi connectivity index (χ2v) is 20.8. The molecule has 29 heavy (non-hydrogen) atoms. The molecule has 0 radical (unpaired) electrons. The molecule has 2 aromatic rings. The van der Waals surface area contributed by atoms with Crippen molar-refractivity contribution in [3.63, 3.8) is 0 Å².